The smallest absolute Gasteiger partial charge is 0.390 e. The van der Waals surface area contributed by atoms with Gasteiger partial charge in [-0.15, -0.1) is 0 Å². The van der Waals surface area contributed by atoms with Crippen LogP contribution >= 0.6 is 0 Å². The molecule has 1 saturated heterocycles. The molecule has 1 aliphatic heterocycles. The van der Waals surface area contributed by atoms with Crippen molar-refractivity contribution in [2.45, 2.75) is 95.9 Å². The molecule has 2 aromatic rings. The highest BCUT2D eigenvalue weighted by molar-refractivity contribution is 5.80. The fourth-order valence-electron chi connectivity index (χ4n) is 7.74. The zero-order valence-corrected chi connectivity index (χ0v) is 25.6. The average molecular weight is 577 g/mol. The number of nitrogens with one attached hydrogen (secondary N) is 2. The molecule has 7 heteroatoms. The van der Waals surface area contributed by atoms with Crippen molar-refractivity contribution in [1.29, 1.82) is 0 Å². The maximum atomic E-state index is 13.9. The van der Waals surface area contributed by atoms with Gasteiger partial charge in [-0.05, 0) is 69.1 Å². The van der Waals surface area contributed by atoms with Gasteiger partial charge in [-0.1, -0.05) is 67.4 Å². The van der Waals surface area contributed by atoms with Crippen molar-refractivity contribution in [3.63, 3.8) is 0 Å². The van der Waals surface area contributed by atoms with Crippen molar-refractivity contribution in [3.8, 4) is 0 Å². The van der Waals surface area contributed by atoms with Crippen LogP contribution in [-0.4, -0.2) is 64.0 Å². The van der Waals surface area contributed by atoms with E-state index in [1.807, 2.05) is 75.4 Å². The fourth-order valence-corrected chi connectivity index (χ4v) is 7.74. The number of carbonyl (C=O) groups is 2. The predicted octanol–water partition coefficient (Wildman–Crippen LogP) is 4.91. The average Bonchev–Trinajstić information content (AvgIpc) is 3.26. The number of urea groups is 1. The second-order valence-electron chi connectivity index (χ2n) is 14.2. The molecule has 4 N–H and O–H groups in total. The van der Waals surface area contributed by atoms with E-state index in [-0.39, 0.29) is 28.4 Å². The molecular weight excluding hydrogens is 526 g/mol. The highest BCUT2D eigenvalue weighted by Gasteiger charge is 2.48. The van der Waals surface area contributed by atoms with Crippen LogP contribution in [0.4, 0.5) is 4.79 Å². The first kappa shape index (κ1) is 30.7. The molecule has 2 fully saturated rings. The molecule has 0 aromatic heterocycles. The summed E-state index contributed by atoms with van der Waals surface area (Å²) in [5.74, 6) is 0.496. The van der Waals surface area contributed by atoms with Gasteiger partial charge < -0.3 is 20.8 Å². The van der Waals surface area contributed by atoms with Gasteiger partial charge in [-0.25, -0.2) is 9.28 Å². The molecule has 1 heterocycles. The molecule has 3 aliphatic rings. The fraction of sp³-hybridized carbons (Fsp3) is 0.600. The number of nitrogens with zero attached hydrogens (tertiary/aromatic N) is 1. The number of amides is 3. The van der Waals surface area contributed by atoms with Crippen molar-refractivity contribution in [3.05, 3.63) is 71.3 Å². The number of aliphatic hydroxyl groups excluding tert-OH is 2. The molecule has 228 valence electrons. The van der Waals surface area contributed by atoms with Gasteiger partial charge in [-0.3, -0.25) is 4.79 Å². The molecule has 5 rings (SSSR count). The molecule has 7 nitrogen and oxygen atoms in total. The van der Waals surface area contributed by atoms with E-state index < -0.39 is 24.2 Å². The first-order valence-corrected chi connectivity index (χ1v) is 16.0. The van der Waals surface area contributed by atoms with Gasteiger partial charge in [0.1, 0.15) is 12.6 Å². The molecule has 1 saturated carbocycles. The lowest BCUT2D eigenvalue weighted by molar-refractivity contribution is -0.865. The van der Waals surface area contributed by atoms with Crippen LogP contribution < -0.4 is 10.6 Å². The number of quaternary nitrogens is 1. The largest absolute Gasteiger partial charge is 0.417 e. The molecule has 3 amide bonds. The zero-order valence-electron chi connectivity index (χ0n) is 25.6. The molecule has 0 bridgehead atoms. The summed E-state index contributed by atoms with van der Waals surface area (Å²) >= 11 is 0. The summed E-state index contributed by atoms with van der Waals surface area (Å²) in [6, 6.07) is 17.3. The molecule has 0 spiro atoms. The monoisotopic (exact) mass is 576 g/mol. The third-order valence-corrected chi connectivity index (χ3v) is 9.81. The molecule has 42 heavy (non-hydrogen) atoms. The Morgan fingerprint density at radius 2 is 1.67 bits per heavy atom. The number of benzene rings is 2. The van der Waals surface area contributed by atoms with E-state index in [2.05, 4.69) is 10.6 Å². The van der Waals surface area contributed by atoms with Gasteiger partial charge in [0.05, 0.1) is 25.2 Å². The van der Waals surface area contributed by atoms with E-state index in [0.717, 1.165) is 42.6 Å². The van der Waals surface area contributed by atoms with Crippen LogP contribution in [0, 0.1) is 17.8 Å². The van der Waals surface area contributed by atoms with Crippen LogP contribution in [0.15, 0.2) is 54.6 Å². The lowest BCUT2D eigenvalue weighted by atomic mass is 9.74. The number of rotatable bonds is 8. The third-order valence-electron chi connectivity index (χ3n) is 9.81. The lowest BCUT2D eigenvalue weighted by Crippen LogP contribution is -2.67. The van der Waals surface area contributed by atoms with Gasteiger partial charge in [0.2, 0.25) is 5.91 Å². The van der Waals surface area contributed by atoms with Gasteiger partial charge in [0.25, 0.3) is 0 Å². The van der Waals surface area contributed by atoms with Crippen LogP contribution in [0.2, 0.25) is 0 Å². The zero-order chi connectivity index (χ0) is 29.9. The summed E-state index contributed by atoms with van der Waals surface area (Å²) in [5.41, 5.74) is 2.66. The van der Waals surface area contributed by atoms with Crippen LogP contribution in [-0.2, 0) is 17.6 Å². The Morgan fingerprint density at radius 1 is 0.976 bits per heavy atom. The Labute approximate surface area is 251 Å². The first-order valence-electron chi connectivity index (χ1n) is 16.0. The van der Waals surface area contributed by atoms with Gasteiger partial charge in [-0.2, -0.15) is 0 Å². The molecule has 0 radical (unpaired) electrons. The van der Waals surface area contributed by atoms with Crippen molar-refractivity contribution < 1.29 is 24.3 Å². The van der Waals surface area contributed by atoms with E-state index in [1.54, 1.807) is 0 Å². The number of hydrogen-bond donors (Lipinski definition) is 4. The second-order valence-corrected chi connectivity index (χ2v) is 14.2. The molecular formula is C35H50N3O4+. The maximum absolute atomic E-state index is 13.9. The van der Waals surface area contributed by atoms with Crippen molar-refractivity contribution in [2.24, 2.45) is 17.8 Å². The molecule has 7 atom stereocenters. The molecule has 2 aliphatic carbocycles. The van der Waals surface area contributed by atoms with E-state index in [4.69, 9.17) is 0 Å². The van der Waals surface area contributed by atoms with Crippen LogP contribution in [0.25, 0.3) is 0 Å². The summed E-state index contributed by atoms with van der Waals surface area (Å²) in [6.07, 6.45) is 5.61. The van der Waals surface area contributed by atoms with Crippen molar-refractivity contribution in [2.75, 3.05) is 19.6 Å². The molecule has 1 unspecified atom stereocenters. The quantitative estimate of drug-likeness (QED) is 0.336. The first-order chi connectivity index (χ1) is 20.0. The highest BCUT2D eigenvalue weighted by atomic mass is 16.3. The van der Waals surface area contributed by atoms with Gasteiger partial charge in [0.15, 0.2) is 0 Å². The summed E-state index contributed by atoms with van der Waals surface area (Å²) in [6.45, 7) is 7.78. The SMILES string of the molecule is CC(C)(C)NC(=O)[N+]1(C[C@@H](O)C[C@@H](Cc2ccccc2)C(=O)N[C@H]2c3ccccc3C[C@H]2O)CC[C@@H]2CCCC[C@@H]2C1. The van der Waals surface area contributed by atoms with Crippen LogP contribution in [0.3, 0.4) is 0 Å². The summed E-state index contributed by atoms with van der Waals surface area (Å²) in [7, 11) is 0. The third kappa shape index (κ3) is 7.24. The topological polar surface area (TPSA) is 98.7 Å². The Balaban J connectivity index is 1.34. The number of hydrogen-bond acceptors (Lipinski definition) is 4. The Bertz CT molecular complexity index is 1230. The van der Waals surface area contributed by atoms with Crippen LogP contribution in [0.1, 0.15) is 82.0 Å². The normalized spacial score (nSPS) is 28.7. The lowest BCUT2D eigenvalue weighted by Gasteiger charge is -2.48. The summed E-state index contributed by atoms with van der Waals surface area (Å²) in [4.78, 5) is 27.7. The number of likely N-dealkylation sites (tertiary alicyclic amines) is 1. The summed E-state index contributed by atoms with van der Waals surface area (Å²) < 4.78 is 0.230. The van der Waals surface area contributed by atoms with E-state index in [0.29, 0.717) is 31.2 Å². The Morgan fingerprint density at radius 3 is 2.40 bits per heavy atom. The van der Waals surface area contributed by atoms with Gasteiger partial charge >= 0.3 is 6.03 Å². The Kier molecular flexibility index (Phi) is 9.41. The van der Waals surface area contributed by atoms with Gasteiger partial charge in [0, 0.05) is 30.2 Å². The minimum absolute atomic E-state index is 0.0136. The van der Waals surface area contributed by atoms with Crippen molar-refractivity contribution >= 4 is 11.9 Å². The standard InChI is InChI=1S/C35H49N3O4/c1-35(2,3)37-34(42)38(18-17-25-13-7-8-15-27(25)22-38)23-29(39)20-28(19-24-11-5-4-6-12-24)33(41)36-32-30-16-10-9-14-26(30)21-31(32)40/h4-6,9-12,14,16,25,27-29,31-32,39-40H,7-8,13,15,17-23H2,1-3H3,(H-,36,37,41,42)/p+1/t25-,27+,28+,29-,31+,32-,38?/m0/s1. The maximum Gasteiger partial charge on any atom is 0.417 e. The summed E-state index contributed by atoms with van der Waals surface area (Å²) in [5, 5.41) is 28.8. The van der Waals surface area contributed by atoms with Crippen LogP contribution in [0.5, 0.6) is 0 Å². The van der Waals surface area contributed by atoms with E-state index >= 15 is 0 Å². The Hall–Kier alpha value is -2.74. The molecule has 2 aromatic carbocycles. The van der Waals surface area contributed by atoms with Crippen molar-refractivity contribution in [1.82, 2.24) is 10.6 Å². The van der Waals surface area contributed by atoms with E-state index in [9.17, 15) is 19.8 Å². The number of piperidine rings is 1. The highest BCUT2D eigenvalue weighted by Crippen LogP contribution is 2.40. The second kappa shape index (κ2) is 12.9. The minimum Gasteiger partial charge on any atom is -0.390 e. The minimum atomic E-state index is -0.823. The number of aliphatic hydroxyl groups is 2. The number of fused-ring (bicyclic) bond motifs is 2. The number of carbonyl (C=O) groups excluding carboxylic acids is 2. The predicted molar refractivity (Wildman–Crippen MR) is 165 cm³/mol. The van der Waals surface area contributed by atoms with E-state index in [1.165, 1.54) is 19.3 Å².